The zero-order valence-corrected chi connectivity index (χ0v) is 11.9. The van der Waals surface area contributed by atoms with Crippen LogP contribution in [-0.2, 0) is 5.54 Å². The summed E-state index contributed by atoms with van der Waals surface area (Å²) in [6.45, 7) is 10.1. The quantitative estimate of drug-likeness (QED) is 0.888. The van der Waals surface area contributed by atoms with Gasteiger partial charge in [-0.05, 0) is 37.3 Å². The molecule has 0 radical (unpaired) electrons. The van der Waals surface area contributed by atoms with Gasteiger partial charge in [0.1, 0.15) is 0 Å². The van der Waals surface area contributed by atoms with Gasteiger partial charge in [0.2, 0.25) is 0 Å². The minimum atomic E-state index is -0.255. The van der Waals surface area contributed by atoms with Gasteiger partial charge in [-0.15, -0.1) is 0 Å². The average Bonchev–Trinajstić information content (AvgIpc) is 2.28. The molecule has 100 valence electrons. The predicted octanol–water partition coefficient (Wildman–Crippen LogP) is 2.98. The van der Waals surface area contributed by atoms with E-state index in [0.29, 0.717) is 5.41 Å². The topological polar surface area (TPSA) is 29.3 Å². The molecule has 0 aliphatic carbocycles. The molecule has 2 nitrogen and oxygen atoms in total. The van der Waals surface area contributed by atoms with Crippen molar-refractivity contribution in [2.45, 2.75) is 39.2 Å². The molecule has 0 aromatic heterocycles. The third-order valence-electron chi connectivity index (χ3n) is 3.96. The number of rotatable bonds is 3. The monoisotopic (exact) mass is 246 g/mol. The van der Waals surface area contributed by atoms with Gasteiger partial charge in [-0.2, -0.15) is 0 Å². The van der Waals surface area contributed by atoms with Crippen LogP contribution in [0, 0.1) is 5.41 Å². The summed E-state index contributed by atoms with van der Waals surface area (Å²) in [5.41, 5.74) is 7.93. The lowest BCUT2D eigenvalue weighted by atomic mass is 9.83. The fourth-order valence-corrected chi connectivity index (χ4v) is 3.05. The van der Waals surface area contributed by atoms with E-state index < -0.39 is 0 Å². The van der Waals surface area contributed by atoms with Crippen LogP contribution in [0.15, 0.2) is 30.3 Å². The van der Waals surface area contributed by atoms with Gasteiger partial charge in [-0.25, -0.2) is 0 Å². The van der Waals surface area contributed by atoms with Crippen LogP contribution in [0.5, 0.6) is 0 Å². The Balaban J connectivity index is 2.04. The molecule has 1 saturated heterocycles. The molecule has 1 heterocycles. The maximum Gasteiger partial charge on any atom is 0.0509 e. The average molecular weight is 246 g/mol. The molecule has 1 aromatic rings. The molecule has 1 aromatic carbocycles. The van der Waals surface area contributed by atoms with Crippen molar-refractivity contribution >= 4 is 0 Å². The molecule has 18 heavy (non-hydrogen) atoms. The van der Waals surface area contributed by atoms with Crippen molar-refractivity contribution in [2.75, 3.05) is 19.6 Å². The van der Waals surface area contributed by atoms with Crippen LogP contribution >= 0.6 is 0 Å². The number of piperidine rings is 1. The summed E-state index contributed by atoms with van der Waals surface area (Å²) in [5.74, 6) is 0. The minimum Gasteiger partial charge on any atom is -0.321 e. The summed E-state index contributed by atoms with van der Waals surface area (Å²) in [7, 11) is 0. The zero-order chi connectivity index (χ0) is 13.2. The largest absolute Gasteiger partial charge is 0.321 e. The lowest BCUT2D eigenvalue weighted by Crippen LogP contribution is -2.50. The van der Waals surface area contributed by atoms with Gasteiger partial charge in [0, 0.05) is 13.1 Å². The smallest absolute Gasteiger partial charge is 0.0509 e. The molecular weight excluding hydrogens is 220 g/mol. The molecule has 0 bridgehead atoms. The first-order valence-corrected chi connectivity index (χ1v) is 6.96. The fourth-order valence-electron chi connectivity index (χ4n) is 3.05. The second-order valence-electron chi connectivity index (χ2n) is 6.76. The van der Waals surface area contributed by atoms with Crippen LogP contribution in [0.25, 0.3) is 0 Å². The number of nitrogens with two attached hydrogens (primary N) is 1. The summed E-state index contributed by atoms with van der Waals surface area (Å²) < 4.78 is 0. The highest BCUT2D eigenvalue weighted by atomic mass is 15.2. The number of hydrogen-bond acceptors (Lipinski definition) is 2. The molecule has 2 N–H and O–H groups in total. The highest BCUT2D eigenvalue weighted by Crippen LogP contribution is 2.30. The first-order chi connectivity index (χ1) is 8.39. The second-order valence-corrected chi connectivity index (χ2v) is 6.76. The van der Waals surface area contributed by atoms with Crippen LogP contribution in [0.3, 0.4) is 0 Å². The second kappa shape index (κ2) is 5.02. The summed E-state index contributed by atoms with van der Waals surface area (Å²) >= 11 is 0. The highest BCUT2D eigenvalue weighted by molar-refractivity contribution is 5.23. The van der Waals surface area contributed by atoms with Gasteiger partial charge in [-0.3, -0.25) is 0 Å². The molecule has 1 atom stereocenters. The van der Waals surface area contributed by atoms with E-state index in [1.807, 2.05) is 6.07 Å². The molecule has 1 aliphatic rings. The molecule has 0 saturated carbocycles. The predicted molar refractivity (Wildman–Crippen MR) is 77.4 cm³/mol. The molecule has 1 fully saturated rings. The van der Waals surface area contributed by atoms with Crippen molar-refractivity contribution in [2.24, 2.45) is 11.1 Å². The van der Waals surface area contributed by atoms with E-state index >= 15 is 0 Å². The Morgan fingerprint density at radius 3 is 2.56 bits per heavy atom. The van der Waals surface area contributed by atoms with E-state index in [1.54, 1.807) is 0 Å². The Labute approximate surface area is 111 Å². The van der Waals surface area contributed by atoms with E-state index in [1.165, 1.54) is 24.9 Å². The first-order valence-electron chi connectivity index (χ1n) is 6.96. The number of hydrogen-bond donors (Lipinski definition) is 1. The van der Waals surface area contributed by atoms with Gasteiger partial charge in [0.15, 0.2) is 0 Å². The highest BCUT2D eigenvalue weighted by Gasteiger charge is 2.31. The Kier molecular flexibility index (Phi) is 3.79. The Morgan fingerprint density at radius 2 is 1.94 bits per heavy atom. The Hall–Kier alpha value is -0.860. The molecule has 1 aliphatic heterocycles. The van der Waals surface area contributed by atoms with Crippen molar-refractivity contribution in [3.8, 4) is 0 Å². The van der Waals surface area contributed by atoms with Crippen molar-refractivity contribution in [1.82, 2.24) is 4.90 Å². The van der Waals surface area contributed by atoms with E-state index in [-0.39, 0.29) is 5.54 Å². The number of benzene rings is 1. The Bertz CT molecular complexity index is 381. The summed E-state index contributed by atoms with van der Waals surface area (Å²) in [6, 6.07) is 10.5. The third-order valence-corrected chi connectivity index (χ3v) is 3.96. The Morgan fingerprint density at radius 1 is 1.28 bits per heavy atom. The van der Waals surface area contributed by atoms with Gasteiger partial charge in [0.25, 0.3) is 0 Å². The lowest BCUT2D eigenvalue weighted by molar-refractivity contribution is 0.0970. The van der Waals surface area contributed by atoms with E-state index in [9.17, 15) is 0 Å². The van der Waals surface area contributed by atoms with Gasteiger partial charge in [0.05, 0.1) is 5.54 Å². The van der Waals surface area contributed by atoms with Gasteiger partial charge < -0.3 is 10.6 Å². The number of nitrogens with zero attached hydrogens (tertiary/aromatic N) is 1. The van der Waals surface area contributed by atoms with Crippen LogP contribution in [0.4, 0.5) is 0 Å². The normalized spacial score (nSPS) is 23.6. The van der Waals surface area contributed by atoms with Crippen LogP contribution in [-0.4, -0.2) is 24.5 Å². The molecule has 1 unspecified atom stereocenters. The lowest BCUT2D eigenvalue weighted by Gasteiger charge is -2.41. The van der Waals surface area contributed by atoms with Crippen LogP contribution in [0.1, 0.15) is 39.2 Å². The van der Waals surface area contributed by atoms with Crippen molar-refractivity contribution in [1.29, 1.82) is 0 Å². The van der Waals surface area contributed by atoms with Crippen molar-refractivity contribution in [3.05, 3.63) is 35.9 Å². The zero-order valence-electron chi connectivity index (χ0n) is 11.9. The molecule has 0 amide bonds. The van der Waals surface area contributed by atoms with E-state index in [4.69, 9.17) is 5.73 Å². The third kappa shape index (κ3) is 3.33. The molecule has 0 spiro atoms. The van der Waals surface area contributed by atoms with Crippen molar-refractivity contribution < 1.29 is 0 Å². The van der Waals surface area contributed by atoms with Crippen LogP contribution < -0.4 is 5.73 Å². The first kappa shape index (κ1) is 13.6. The number of likely N-dealkylation sites (tertiary alicyclic amines) is 1. The summed E-state index contributed by atoms with van der Waals surface area (Å²) in [6.07, 6.45) is 2.62. The fraction of sp³-hybridized carbons (Fsp3) is 0.625. The molecule has 2 rings (SSSR count). The summed E-state index contributed by atoms with van der Waals surface area (Å²) in [5, 5.41) is 0. The molecule has 2 heteroatoms. The van der Waals surface area contributed by atoms with Gasteiger partial charge in [-0.1, -0.05) is 44.2 Å². The SMILES string of the molecule is CC1(C)CCCN(CC(C)(N)c2ccccc2)C1. The van der Waals surface area contributed by atoms with Gasteiger partial charge >= 0.3 is 0 Å². The molecular formula is C16H26N2. The minimum absolute atomic E-state index is 0.255. The standard InChI is InChI=1S/C16H26N2/c1-15(2)10-7-11-18(12-15)13-16(3,17)14-8-5-4-6-9-14/h4-6,8-9H,7,10-13,17H2,1-3H3. The summed E-state index contributed by atoms with van der Waals surface area (Å²) in [4.78, 5) is 2.52. The van der Waals surface area contributed by atoms with Crippen LogP contribution in [0.2, 0.25) is 0 Å². The maximum absolute atomic E-state index is 6.52. The van der Waals surface area contributed by atoms with E-state index in [2.05, 4.69) is 49.9 Å². The van der Waals surface area contributed by atoms with Crippen molar-refractivity contribution in [3.63, 3.8) is 0 Å². The maximum atomic E-state index is 6.52. The van der Waals surface area contributed by atoms with E-state index in [0.717, 1.165) is 13.1 Å².